The lowest BCUT2D eigenvalue weighted by Crippen LogP contribution is -3.13. The molecule has 5 heteroatoms. The number of aromatic nitrogens is 1. The van der Waals surface area contributed by atoms with E-state index in [2.05, 4.69) is 10.6 Å². The van der Waals surface area contributed by atoms with Gasteiger partial charge in [-0.3, -0.25) is 0 Å². The number of benzene rings is 2. The zero-order chi connectivity index (χ0) is 20.9. The van der Waals surface area contributed by atoms with E-state index in [-0.39, 0.29) is 12.4 Å². The van der Waals surface area contributed by atoms with Crippen LogP contribution in [0.2, 0.25) is 0 Å². The molecule has 0 aliphatic heterocycles. The standard InChI is InChI=1S/C25H29FN2O2/c1-19-7-2-5-11-25(19)30-18-23(29)17-28(21-12-13-21)16-22-9-6-14-27(22)15-20-8-3-4-10-24(20)26/h2-11,14,21,23,29H,12-13,15-18H2,1H3/p+1/t23-/m1/s1. The van der Waals surface area contributed by atoms with Gasteiger partial charge in [0.2, 0.25) is 0 Å². The fourth-order valence-corrected chi connectivity index (χ4v) is 3.95. The van der Waals surface area contributed by atoms with Gasteiger partial charge < -0.3 is 19.3 Å². The van der Waals surface area contributed by atoms with E-state index in [1.165, 1.54) is 23.8 Å². The number of halogens is 1. The minimum absolute atomic E-state index is 0.174. The number of aryl methyl sites for hydroxylation is 1. The number of rotatable bonds is 10. The predicted molar refractivity (Wildman–Crippen MR) is 115 cm³/mol. The molecule has 0 amide bonds. The van der Waals surface area contributed by atoms with Crippen molar-refractivity contribution in [1.82, 2.24) is 4.57 Å². The van der Waals surface area contributed by atoms with Crippen LogP contribution in [0.1, 0.15) is 29.7 Å². The Bertz CT molecular complexity index is 967. The molecule has 1 fully saturated rings. The van der Waals surface area contributed by atoms with Crippen LogP contribution < -0.4 is 9.64 Å². The Balaban J connectivity index is 1.37. The molecule has 3 aromatic rings. The fourth-order valence-electron chi connectivity index (χ4n) is 3.95. The quantitative estimate of drug-likeness (QED) is 0.540. The Morgan fingerprint density at radius 1 is 1.10 bits per heavy atom. The highest BCUT2D eigenvalue weighted by atomic mass is 19.1. The zero-order valence-electron chi connectivity index (χ0n) is 17.4. The number of ether oxygens (including phenoxy) is 1. The second-order valence-corrected chi connectivity index (χ2v) is 8.26. The third-order valence-electron chi connectivity index (χ3n) is 5.81. The minimum Gasteiger partial charge on any atom is -0.490 e. The molecule has 1 aliphatic rings. The Hall–Kier alpha value is -2.63. The van der Waals surface area contributed by atoms with E-state index in [1.54, 1.807) is 6.07 Å². The first-order valence-corrected chi connectivity index (χ1v) is 10.7. The van der Waals surface area contributed by atoms with Gasteiger partial charge in [0.15, 0.2) is 0 Å². The van der Waals surface area contributed by atoms with Crippen LogP contribution in [0.4, 0.5) is 4.39 Å². The zero-order valence-corrected chi connectivity index (χ0v) is 17.4. The summed E-state index contributed by atoms with van der Waals surface area (Å²) in [7, 11) is 0. The van der Waals surface area contributed by atoms with Gasteiger partial charge >= 0.3 is 0 Å². The van der Waals surface area contributed by atoms with Gasteiger partial charge in [0.25, 0.3) is 0 Å². The highest BCUT2D eigenvalue weighted by Crippen LogP contribution is 2.18. The fraction of sp³-hybridized carbons (Fsp3) is 0.360. The van der Waals surface area contributed by atoms with Crippen LogP contribution in [0.5, 0.6) is 5.75 Å². The van der Waals surface area contributed by atoms with Crippen molar-refractivity contribution in [2.75, 3.05) is 13.2 Å². The summed E-state index contributed by atoms with van der Waals surface area (Å²) in [5, 5.41) is 10.6. The molecule has 30 heavy (non-hydrogen) atoms. The van der Waals surface area contributed by atoms with Crippen LogP contribution in [0, 0.1) is 12.7 Å². The summed E-state index contributed by atoms with van der Waals surface area (Å²) in [6.07, 6.45) is 3.85. The molecule has 0 radical (unpaired) electrons. The number of aliphatic hydroxyl groups excluding tert-OH is 1. The SMILES string of the molecule is Cc1ccccc1OC[C@H](O)C[NH+](Cc1cccn1Cc1ccccc1F)C1CC1. The first-order chi connectivity index (χ1) is 14.6. The molecule has 0 bridgehead atoms. The maximum absolute atomic E-state index is 14.1. The number of para-hydroxylation sites is 1. The lowest BCUT2D eigenvalue weighted by atomic mass is 10.2. The number of aliphatic hydroxyl groups is 1. The van der Waals surface area contributed by atoms with E-state index in [4.69, 9.17) is 4.74 Å². The van der Waals surface area contributed by atoms with Crippen molar-refractivity contribution in [1.29, 1.82) is 0 Å². The molecule has 158 valence electrons. The van der Waals surface area contributed by atoms with E-state index >= 15 is 0 Å². The summed E-state index contributed by atoms with van der Waals surface area (Å²) in [5.41, 5.74) is 2.92. The van der Waals surface area contributed by atoms with Crippen molar-refractivity contribution in [2.45, 2.75) is 45.0 Å². The van der Waals surface area contributed by atoms with Gasteiger partial charge in [-0.1, -0.05) is 36.4 Å². The van der Waals surface area contributed by atoms with Crippen LogP contribution >= 0.6 is 0 Å². The third-order valence-corrected chi connectivity index (χ3v) is 5.81. The average molecular weight is 410 g/mol. The first kappa shape index (κ1) is 20.6. The van der Waals surface area contributed by atoms with Crippen LogP contribution in [0.15, 0.2) is 66.9 Å². The maximum atomic E-state index is 14.1. The Kier molecular flexibility index (Phi) is 6.50. The van der Waals surface area contributed by atoms with Crippen LogP contribution in [-0.2, 0) is 13.1 Å². The molecule has 0 spiro atoms. The summed E-state index contributed by atoms with van der Waals surface area (Å²) >= 11 is 0. The molecule has 2 N–H and O–H groups in total. The van der Waals surface area contributed by atoms with Crippen LogP contribution in [-0.4, -0.2) is 35.0 Å². The van der Waals surface area contributed by atoms with Gasteiger partial charge in [0, 0.05) is 24.6 Å². The molecular weight excluding hydrogens is 379 g/mol. The van der Waals surface area contributed by atoms with Gasteiger partial charge in [-0.25, -0.2) is 4.39 Å². The van der Waals surface area contributed by atoms with Crippen molar-refractivity contribution in [3.63, 3.8) is 0 Å². The van der Waals surface area contributed by atoms with Gasteiger partial charge in [0.05, 0.1) is 18.3 Å². The lowest BCUT2D eigenvalue weighted by Gasteiger charge is -2.23. The van der Waals surface area contributed by atoms with Gasteiger partial charge in [-0.05, 0) is 36.8 Å². The van der Waals surface area contributed by atoms with Gasteiger partial charge in [-0.15, -0.1) is 0 Å². The molecule has 1 unspecified atom stereocenters. The van der Waals surface area contributed by atoms with E-state index < -0.39 is 6.10 Å². The average Bonchev–Trinajstić information content (AvgIpc) is 3.50. The monoisotopic (exact) mass is 409 g/mol. The lowest BCUT2D eigenvalue weighted by molar-refractivity contribution is -0.928. The highest BCUT2D eigenvalue weighted by molar-refractivity contribution is 5.31. The predicted octanol–water partition coefficient (Wildman–Crippen LogP) is 2.97. The molecular formula is C25H30FN2O2+. The number of nitrogens with one attached hydrogen (secondary N) is 1. The minimum atomic E-state index is -0.532. The molecule has 2 aromatic carbocycles. The van der Waals surface area contributed by atoms with E-state index in [1.807, 2.05) is 55.6 Å². The normalized spacial score (nSPS) is 15.7. The first-order valence-electron chi connectivity index (χ1n) is 10.7. The van der Waals surface area contributed by atoms with E-state index in [9.17, 15) is 9.50 Å². The molecule has 4 nitrogen and oxygen atoms in total. The summed E-state index contributed by atoms with van der Waals surface area (Å²) in [6, 6.07) is 19.5. The van der Waals surface area contributed by atoms with Crippen molar-refractivity contribution >= 4 is 0 Å². The maximum Gasteiger partial charge on any atom is 0.137 e. The molecule has 2 atom stereocenters. The third kappa shape index (κ3) is 5.29. The largest absolute Gasteiger partial charge is 0.490 e. The second-order valence-electron chi connectivity index (χ2n) is 8.26. The summed E-state index contributed by atoms with van der Waals surface area (Å²) < 4.78 is 22.0. The molecule has 1 heterocycles. The van der Waals surface area contributed by atoms with E-state index in [0.717, 1.165) is 23.6 Å². The number of hydrogen-bond acceptors (Lipinski definition) is 2. The van der Waals surface area contributed by atoms with Crippen molar-refractivity contribution in [3.05, 3.63) is 89.5 Å². The van der Waals surface area contributed by atoms with Crippen LogP contribution in [0.25, 0.3) is 0 Å². The van der Waals surface area contributed by atoms with Crippen molar-refractivity contribution in [2.24, 2.45) is 0 Å². The van der Waals surface area contributed by atoms with Crippen LogP contribution in [0.3, 0.4) is 0 Å². The second kappa shape index (κ2) is 9.45. The van der Waals surface area contributed by atoms with Gasteiger partial charge in [-0.2, -0.15) is 0 Å². The topological polar surface area (TPSA) is 38.8 Å². The number of nitrogens with zero attached hydrogens (tertiary/aromatic N) is 1. The summed E-state index contributed by atoms with van der Waals surface area (Å²) in [5.74, 6) is 0.649. The highest BCUT2D eigenvalue weighted by Gasteiger charge is 2.35. The summed E-state index contributed by atoms with van der Waals surface area (Å²) in [4.78, 5) is 1.37. The molecule has 1 saturated carbocycles. The number of quaternary nitrogens is 1. The van der Waals surface area contributed by atoms with Gasteiger partial charge in [0.1, 0.15) is 37.4 Å². The van der Waals surface area contributed by atoms with Crippen molar-refractivity contribution in [3.8, 4) is 5.75 Å². The molecule has 0 saturated heterocycles. The van der Waals surface area contributed by atoms with E-state index in [0.29, 0.717) is 24.7 Å². The molecule has 1 aliphatic carbocycles. The Morgan fingerprint density at radius 3 is 2.63 bits per heavy atom. The molecule has 1 aromatic heterocycles. The smallest absolute Gasteiger partial charge is 0.137 e. The Morgan fingerprint density at radius 2 is 1.87 bits per heavy atom. The Labute approximate surface area is 177 Å². The number of hydrogen-bond donors (Lipinski definition) is 2. The van der Waals surface area contributed by atoms with Crippen molar-refractivity contribution < 1.29 is 19.1 Å². The molecule has 4 rings (SSSR count). The summed E-state index contributed by atoms with van der Waals surface area (Å²) in [6.45, 7) is 4.27.